The lowest BCUT2D eigenvalue weighted by molar-refractivity contribution is -0.127. The third kappa shape index (κ3) is 4.80. The molecule has 0 spiro atoms. The van der Waals surface area contributed by atoms with Crippen molar-refractivity contribution in [3.63, 3.8) is 0 Å². The lowest BCUT2D eigenvalue weighted by Crippen LogP contribution is -2.36. The molecular formula is C20H17BrN2O5S. The fourth-order valence-corrected chi connectivity index (χ4v) is 3.90. The molecule has 0 saturated carbocycles. The van der Waals surface area contributed by atoms with Crippen LogP contribution in [0.25, 0.3) is 6.08 Å². The van der Waals surface area contributed by atoms with Crippen LogP contribution in [0.2, 0.25) is 0 Å². The highest BCUT2D eigenvalue weighted by Crippen LogP contribution is 2.38. The highest BCUT2D eigenvalue weighted by Gasteiger charge is 2.36. The topological polar surface area (TPSA) is 95.9 Å². The average Bonchev–Trinajstić information content (AvgIpc) is 2.93. The molecule has 1 heterocycles. The Morgan fingerprint density at radius 3 is 2.62 bits per heavy atom. The summed E-state index contributed by atoms with van der Waals surface area (Å²) in [5, 5.41) is 12.3. The molecule has 2 aromatic carbocycles. The van der Waals surface area contributed by atoms with Crippen molar-refractivity contribution in [2.75, 3.05) is 19.0 Å². The van der Waals surface area contributed by atoms with Crippen molar-refractivity contribution in [1.29, 1.82) is 0 Å². The quantitative estimate of drug-likeness (QED) is 0.629. The third-order valence-corrected chi connectivity index (χ3v) is 5.45. The molecule has 1 aliphatic heterocycles. The van der Waals surface area contributed by atoms with E-state index in [0.29, 0.717) is 27.5 Å². The highest BCUT2D eigenvalue weighted by atomic mass is 79.9. The Bertz CT molecular complexity index is 1020. The van der Waals surface area contributed by atoms with Gasteiger partial charge < -0.3 is 15.2 Å². The van der Waals surface area contributed by atoms with E-state index in [1.54, 1.807) is 24.3 Å². The van der Waals surface area contributed by atoms with E-state index < -0.39 is 23.6 Å². The predicted octanol–water partition coefficient (Wildman–Crippen LogP) is 4.15. The standard InChI is InChI=1S/C20H17BrN2O5S/c1-11-3-5-14(6-4-11)22-17(24)10-23-19(26)16(29-20(23)27)8-12-7-13(21)9-15(28-2)18(12)25/h3-9,25H,10H2,1-2H3,(H,22,24). The van der Waals surface area contributed by atoms with Gasteiger partial charge in [0.1, 0.15) is 6.54 Å². The van der Waals surface area contributed by atoms with E-state index in [2.05, 4.69) is 21.2 Å². The molecule has 2 aromatic rings. The summed E-state index contributed by atoms with van der Waals surface area (Å²) in [6, 6.07) is 10.3. The number of phenolic OH excluding ortho intramolecular Hbond substituents is 1. The summed E-state index contributed by atoms with van der Waals surface area (Å²) < 4.78 is 5.72. The molecule has 0 radical (unpaired) electrons. The van der Waals surface area contributed by atoms with Gasteiger partial charge in [0.25, 0.3) is 11.1 Å². The molecule has 1 saturated heterocycles. The van der Waals surface area contributed by atoms with E-state index in [1.165, 1.54) is 13.2 Å². The van der Waals surface area contributed by atoms with E-state index >= 15 is 0 Å². The number of carbonyl (C=O) groups excluding carboxylic acids is 3. The van der Waals surface area contributed by atoms with Gasteiger partial charge in [-0.3, -0.25) is 19.3 Å². The number of nitrogens with zero attached hydrogens (tertiary/aromatic N) is 1. The summed E-state index contributed by atoms with van der Waals surface area (Å²) in [6.45, 7) is 1.53. The zero-order chi connectivity index (χ0) is 21.1. The number of benzene rings is 2. The van der Waals surface area contributed by atoms with Crippen molar-refractivity contribution in [2.24, 2.45) is 0 Å². The molecule has 9 heteroatoms. The van der Waals surface area contributed by atoms with Gasteiger partial charge in [-0.05, 0) is 49.0 Å². The fourth-order valence-electron chi connectivity index (χ4n) is 2.62. The molecule has 1 fully saturated rings. The number of ether oxygens (including phenoxy) is 1. The van der Waals surface area contributed by atoms with Crippen LogP contribution in [-0.4, -0.2) is 40.7 Å². The van der Waals surface area contributed by atoms with Gasteiger partial charge in [0.15, 0.2) is 11.5 Å². The van der Waals surface area contributed by atoms with Gasteiger partial charge >= 0.3 is 0 Å². The molecule has 0 bridgehead atoms. The van der Waals surface area contributed by atoms with Crippen LogP contribution in [-0.2, 0) is 9.59 Å². The first kappa shape index (κ1) is 20.9. The van der Waals surface area contributed by atoms with Crippen LogP contribution in [0.3, 0.4) is 0 Å². The maximum Gasteiger partial charge on any atom is 0.294 e. The van der Waals surface area contributed by atoms with Crippen LogP contribution in [0.4, 0.5) is 10.5 Å². The van der Waals surface area contributed by atoms with Crippen LogP contribution in [0, 0.1) is 6.92 Å². The first-order chi connectivity index (χ1) is 13.8. The minimum Gasteiger partial charge on any atom is -0.504 e. The number of imide groups is 1. The summed E-state index contributed by atoms with van der Waals surface area (Å²) in [4.78, 5) is 38.1. The largest absolute Gasteiger partial charge is 0.504 e. The Hall–Kier alpha value is -2.78. The Morgan fingerprint density at radius 2 is 1.97 bits per heavy atom. The van der Waals surface area contributed by atoms with Crippen molar-refractivity contribution in [2.45, 2.75) is 6.92 Å². The molecule has 0 atom stereocenters. The lowest BCUT2D eigenvalue weighted by atomic mass is 10.1. The molecular weight excluding hydrogens is 460 g/mol. The monoisotopic (exact) mass is 476 g/mol. The maximum absolute atomic E-state index is 12.6. The van der Waals surface area contributed by atoms with Gasteiger partial charge in [0.2, 0.25) is 5.91 Å². The number of carbonyl (C=O) groups is 3. The minimum absolute atomic E-state index is 0.105. The Morgan fingerprint density at radius 1 is 1.28 bits per heavy atom. The van der Waals surface area contributed by atoms with Crippen molar-refractivity contribution in [1.82, 2.24) is 4.90 Å². The smallest absolute Gasteiger partial charge is 0.294 e. The lowest BCUT2D eigenvalue weighted by Gasteiger charge is -2.12. The molecule has 29 heavy (non-hydrogen) atoms. The number of hydrogen-bond donors (Lipinski definition) is 2. The summed E-state index contributed by atoms with van der Waals surface area (Å²) in [7, 11) is 1.41. The number of phenols is 1. The summed E-state index contributed by atoms with van der Waals surface area (Å²) in [5.74, 6) is -1.01. The molecule has 0 aromatic heterocycles. The number of halogens is 1. The van der Waals surface area contributed by atoms with Gasteiger partial charge in [0, 0.05) is 15.7 Å². The zero-order valence-electron chi connectivity index (χ0n) is 15.6. The van der Waals surface area contributed by atoms with E-state index in [4.69, 9.17) is 4.74 Å². The fraction of sp³-hybridized carbons (Fsp3) is 0.150. The number of aromatic hydroxyl groups is 1. The molecule has 1 aliphatic rings. The third-order valence-electron chi connectivity index (χ3n) is 4.09. The summed E-state index contributed by atoms with van der Waals surface area (Å²) in [6.07, 6.45) is 1.39. The van der Waals surface area contributed by atoms with Gasteiger partial charge in [-0.25, -0.2) is 0 Å². The maximum atomic E-state index is 12.6. The second-order valence-electron chi connectivity index (χ2n) is 6.23. The molecule has 150 valence electrons. The van der Waals surface area contributed by atoms with Crippen molar-refractivity contribution in [3.05, 3.63) is 56.9 Å². The molecule has 0 aliphatic carbocycles. The Balaban J connectivity index is 1.76. The van der Waals surface area contributed by atoms with Gasteiger partial charge in [-0.1, -0.05) is 33.6 Å². The zero-order valence-corrected chi connectivity index (χ0v) is 18.0. The number of hydrogen-bond acceptors (Lipinski definition) is 6. The first-order valence-electron chi connectivity index (χ1n) is 8.47. The van der Waals surface area contributed by atoms with Crippen molar-refractivity contribution in [3.8, 4) is 11.5 Å². The van der Waals surface area contributed by atoms with Crippen LogP contribution < -0.4 is 10.1 Å². The van der Waals surface area contributed by atoms with Crippen LogP contribution >= 0.6 is 27.7 Å². The number of amides is 3. The van der Waals surface area contributed by atoms with Crippen molar-refractivity contribution >= 4 is 56.5 Å². The molecule has 7 nitrogen and oxygen atoms in total. The average molecular weight is 477 g/mol. The van der Waals surface area contributed by atoms with Crippen LogP contribution in [0.1, 0.15) is 11.1 Å². The SMILES string of the molecule is COc1cc(Br)cc(C=C2SC(=O)N(CC(=O)Nc3ccc(C)cc3)C2=O)c1O. The minimum atomic E-state index is -0.600. The number of rotatable bonds is 5. The number of nitrogens with one attached hydrogen (secondary N) is 1. The number of anilines is 1. The summed E-state index contributed by atoms with van der Waals surface area (Å²) >= 11 is 4.01. The summed E-state index contributed by atoms with van der Waals surface area (Å²) in [5.41, 5.74) is 1.94. The molecule has 0 unspecified atom stereocenters. The molecule has 3 amide bonds. The van der Waals surface area contributed by atoms with E-state index in [9.17, 15) is 19.5 Å². The second-order valence-corrected chi connectivity index (χ2v) is 8.14. The van der Waals surface area contributed by atoms with Gasteiger partial charge in [0.05, 0.1) is 12.0 Å². The number of methoxy groups -OCH3 is 1. The molecule has 2 N–H and O–H groups in total. The van der Waals surface area contributed by atoms with E-state index in [0.717, 1.165) is 10.5 Å². The number of thioether (sulfide) groups is 1. The van der Waals surface area contributed by atoms with Crippen molar-refractivity contribution < 1.29 is 24.2 Å². The Labute approximate surface area is 179 Å². The molecule has 3 rings (SSSR count). The van der Waals surface area contributed by atoms with E-state index in [-0.39, 0.29) is 16.4 Å². The Kier molecular flexibility index (Phi) is 6.29. The first-order valence-corrected chi connectivity index (χ1v) is 10.1. The van der Waals surface area contributed by atoms with Crippen LogP contribution in [0.15, 0.2) is 45.8 Å². The van der Waals surface area contributed by atoms with Gasteiger partial charge in [-0.2, -0.15) is 0 Å². The van der Waals surface area contributed by atoms with E-state index in [1.807, 2.05) is 19.1 Å². The van der Waals surface area contributed by atoms with Crippen LogP contribution in [0.5, 0.6) is 11.5 Å². The highest BCUT2D eigenvalue weighted by molar-refractivity contribution is 9.10. The normalized spacial score (nSPS) is 15.1. The second kappa shape index (κ2) is 8.71. The number of aryl methyl sites for hydroxylation is 1. The van der Waals surface area contributed by atoms with Gasteiger partial charge in [-0.15, -0.1) is 0 Å². The predicted molar refractivity (Wildman–Crippen MR) is 115 cm³/mol.